The Morgan fingerprint density at radius 1 is 1.07 bits per heavy atom. The number of amides is 2. The van der Waals surface area contributed by atoms with Crippen LogP contribution < -0.4 is 14.8 Å². The van der Waals surface area contributed by atoms with Crippen molar-refractivity contribution in [3.05, 3.63) is 54.1 Å². The summed E-state index contributed by atoms with van der Waals surface area (Å²) in [6, 6.07) is 14.2. The van der Waals surface area contributed by atoms with Gasteiger partial charge in [-0.25, -0.2) is 0 Å². The van der Waals surface area contributed by atoms with Crippen LogP contribution in [0.25, 0.3) is 10.6 Å². The van der Waals surface area contributed by atoms with Crippen molar-refractivity contribution in [1.29, 1.82) is 0 Å². The van der Waals surface area contributed by atoms with E-state index in [-0.39, 0.29) is 18.6 Å². The maximum Gasteiger partial charge on any atom is 0.254 e. The van der Waals surface area contributed by atoms with E-state index in [4.69, 9.17) is 9.47 Å². The fourth-order valence-electron chi connectivity index (χ4n) is 3.64. The van der Waals surface area contributed by atoms with Crippen LogP contribution in [0.5, 0.6) is 11.5 Å². The number of likely N-dealkylation sites (tertiary alicyclic amines) is 1. The third kappa shape index (κ3) is 3.48. The maximum atomic E-state index is 13.0. The smallest absolute Gasteiger partial charge is 0.254 e. The Labute approximate surface area is 176 Å². The normalized spacial score (nSPS) is 17.2. The van der Waals surface area contributed by atoms with Gasteiger partial charge in [0.15, 0.2) is 11.5 Å². The highest BCUT2D eigenvalue weighted by Crippen LogP contribution is 2.34. The van der Waals surface area contributed by atoms with E-state index in [2.05, 4.69) is 15.5 Å². The second kappa shape index (κ2) is 7.75. The van der Waals surface area contributed by atoms with Gasteiger partial charge in [0.05, 0.1) is 0 Å². The molecular formula is C21H18N4O4S. The van der Waals surface area contributed by atoms with Gasteiger partial charge >= 0.3 is 0 Å². The summed E-state index contributed by atoms with van der Waals surface area (Å²) in [5.74, 6) is 0.710. The summed E-state index contributed by atoms with van der Waals surface area (Å²) in [6.07, 6.45) is 1.37. The highest BCUT2D eigenvalue weighted by atomic mass is 32.1. The molecule has 0 bridgehead atoms. The lowest BCUT2D eigenvalue weighted by molar-refractivity contribution is -0.119. The fourth-order valence-corrected chi connectivity index (χ4v) is 4.39. The van der Waals surface area contributed by atoms with Crippen molar-refractivity contribution in [2.75, 3.05) is 18.7 Å². The standard InChI is InChI=1S/C21H18N4O4S/c26-18(22-21-24-23-19(30-21)13-5-2-1-3-6-13)15-7-4-10-25(15)20(27)14-8-9-16-17(11-14)29-12-28-16/h1-3,5-6,8-9,11,15H,4,7,10,12H2,(H,22,24,26). The lowest BCUT2D eigenvalue weighted by Gasteiger charge is -2.23. The number of nitrogens with zero attached hydrogens (tertiary/aromatic N) is 3. The molecule has 1 aromatic heterocycles. The monoisotopic (exact) mass is 422 g/mol. The molecule has 1 fully saturated rings. The van der Waals surface area contributed by atoms with E-state index < -0.39 is 6.04 Å². The number of hydrogen-bond donors (Lipinski definition) is 1. The van der Waals surface area contributed by atoms with E-state index in [1.54, 1.807) is 23.1 Å². The van der Waals surface area contributed by atoms with Crippen molar-refractivity contribution in [1.82, 2.24) is 15.1 Å². The van der Waals surface area contributed by atoms with Gasteiger partial charge in [-0.3, -0.25) is 14.9 Å². The van der Waals surface area contributed by atoms with E-state index >= 15 is 0 Å². The quantitative estimate of drug-likeness (QED) is 0.694. The average Bonchev–Trinajstić information content (AvgIpc) is 3.53. The Bertz CT molecular complexity index is 1100. The molecule has 152 valence electrons. The number of rotatable bonds is 4. The Balaban J connectivity index is 1.29. The average molecular weight is 422 g/mol. The Kier molecular flexibility index (Phi) is 4.80. The number of nitrogens with one attached hydrogen (secondary N) is 1. The second-order valence-corrected chi connectivity index (χ2v) is 7.97. The van der Waals surface area contributed by atoms with E-state index in [1.807, 2.05) is 30.3 Å². The SMILES string of the molecule is O=C(Nc1nnc(-c2ccccc2)s1)C1CCCN1C(=O)c1ccc2c(c1)OCO2. The number of hydrogen-bond acceptors (Lipinski definition) is 7. The van der Waals surface area contributed by atoms with Crippen LogP contribution in [0.1, 0.15) is 23.2 Å². The zero-order valence-electron chi connectivity index (χ0n) is 15.9. The van der Waals surface area contributed by atoms with Crippen LogP contribution in [0.2, 0.25) is 0 Å². The van der Waals surface area contributed by atoms with Gasteiger partial charge in [-0.15, -0.1) is 10.2 Å². The number of ether oxygens (including phenoxy) is 2. The highest BCUT2D eigenvalue weighted by molar-refractivity contribution is 7.18. The minimum absolute atomic E-state index is 0.147. The molecule has 30 heavy (non-hydrogen) atoms. The van der Waals surface area contributed by atoms with Gasteiger partial charge < -0.3 is 14.4 Å². The summed E-state index contributed by atoms with van der Waals surface area (Å²) in [4.78, 5) is 27.5. The molecule has 1 atom stereocenters. The second-order valence-electron chi connectivity index (χ2n) is 6.99. The summed E-state index contributed by atoms with van der Waals surface area (Å²) in [5, 5.41) is 12.2. The number of benzene rings is 2. The van der Waals surface area contributed by atoms with Crippen molar-refractivity contribution in [3.63, 3.8) is 0 Å². The third-order valence-electron chi connectivity index (χ3n) is 5.11. The van der Waals surface area contributed by atoms with Crippen LogP contribution in [0.4, 0.5) is 5.13 Å². The van der Waals surface area contributed by atoms with Crippen molar-refractivity contribution < 1.29 is 19.1 Å². The Morgan fingerprint density at radius 3 is 2.77 bits per heavy atom. The van der Waals surface area contributed by atoms with Crippen LogP contribution in [-0.2, 0) is 4.79 Å². The molecule has 1 unspecified atom stereocenters. The summed E-state index contributed by atoms with van der Waals surface area (Å²) in [7, 11) is 0. The molecule has 9 heteroatoms. The van der Waals surface area contributed by atoms with Crippen molar-refractivity contribution >= 4 is 28.3 Å². The van der Waals surface area contributed by atoms with Gasteiger partial charge in [0, 0.05) is 17.7 Å². The van der Waals surface area contributed by atoms with Crippen LogP contribution >= 0.6 is 11.3 Å². The Morgan fingerprint density at radius 2 is 1.90 bits per heavy atom. The molecule has 1 saturated heterocycles. The van der Waals surface area contributed by atoms with Crippen molar-refractivity contribution in [2.24, 2.45) is 0 Å². The number of carbonyl (C=O) groups excluding carboxylic acids is 2. The van der Waals surface area contributed by atoms with E-state index in [0.717, 1.165) is 17.0 Å². The topological polar surface area (TPSA) is 93.7 Å². The molecule has 3 aromatic rings. The fraction of sp³-hybridized carbons (Fsp3) is 0.238. The van der Waals surface area contributed by atoms with Gasteiger partial charge in [0.2, 0.25) is 17.8 Å². The predicted octanol–water partition coefficient (Wildman–Crippen LogP) is 3.18. The van der Waals surface area contributed by atoms with E-state index in [0.29, 0.717) is 35.2 Å². The Hall–Kier alpha value is -3.46. The van der Waals surface area contributed by atoms with Crippen LogP contribution in [0, 0.1) is 0 Å². The first kappa shape index (κ1) is 18.6. The van der Waals surface area contributed by atoms with Crippen molar-refractivity contribution in [2.45, 2.75) is 18.9 Å². The summed E-state index contributed by atoms with van der Waals surface area (Å²) in [6.45, 7) is 0.672. The van der Waals surface area contributed by atoms with E-state index in [9.17, 15) is 9.59 Å². The molecule has 2 aliphatic heterocycles. The molecule has 3 heterocycles. The predicted molar refractivity (Wildman–Crippen MR) is 111 cm³/mol. The largest absolute Gasteiger partial charge is 0.454 e. The number of anilines is 1. The molecule has 0 aliphatic carbocycles. The number of aromatic nitrogens is 2. The summed E-state index contributed by atoms with van der Waals surface area (Å²) >= 11 is 1.30. The lowest BCUT2D eigenvalue weighted by atomic mass is 10.1. The molecular weight excluding hydrogens is 404 g/mol. The molecule has 2 aliphatic rings. The molecule has 0 saturated carbocycles. The van der Waals surface area contributed by atoms with Crippen molar-refractivity contribution in [3.8, 4) is 22.1 Å². The van der Waals surface area contributed by atoms with Gasteiger partial charge in [-0.05, 0) is 31.0 Å². The van der Waals surface area contributed by atoms with Crippen LogP contribution in [0.3, 0.4) is 0 Å². The molecule has 2 aromatic carbocycles. The van der Waals surface area contributed by atoms with Gasteiger partial charge in [0.25, 0.3) is 5.91 Å². The molecule has 2 amide bonds. The molecule has 0 radical (unpaired) electrons. The van der Waals surface area contributed by atoms with Crippen LogP contribution in [-0.4, -0.2) is 46.3 Å². The maximum absolute atomic E-state index is 13.0. The van der Waals surface area contributed by atoms with E-state index in [1.165, 1.54) is 11.3 Å². The zero-order chi connectivity index (χ0) is 20.5. The number of carbonyl (C=O) groups is 2. The van der Waals surface area contributed by atoms with Gasteiger partial charge in [-0.1, -0.05) is 41.7 Å². The first-order valence-corrected chi connectivity index (χ1v) is 10.4. The lowest BCUT2D eigenvalue weighted by Crippen LogP contribution is -2.43. The first-order valence-electron chi connectivity index (χ1n) is 9.59. The molecule has 8 nitrogen and oxygen atoms in total. The number of fused-ring (bicyclic) bond motifs is 1. The van der Waals surface area contributed by atoms with Gasteiger partial charge in [0.1, 0.15) is 11.0 Å². The van der Waals surface area contributed by atoms with Gasteiger partial charge in [-0.2, -0.15) is 0 Å². The minimum Gasteiger partial charge on any atom is -0.454 e. The van der Waals surface area contributed by atoms with Crippen LogP contribution in [0.15, 0.2) is 48.5 Å². The summed E-state index contributed by atoms with van der Waals surface area (Å²) < 4.78 is 10.7. The highest BCUT2D eigenvalue weighted by Gasteiger charge is 2.35. The molecule has 5 rings (SSSR count). The molecule has 1 N–H and O–H groups in total. The summed E-state index contributed by atoms with van der Waals surface area (Å²) in [5.41, 5.74) is 1.41. The minimum atomic E-state index is -0.549. The third-order valence-corrected chi connectivity index (χ3v) is 6.00. The molecule has 0 spiro atoms. The first-order chi connectivity index (χ1) is 14.7. The zero-order valence-corrected chi connectivity index (χ0v) is 16.7.